The molecule has 1 saturated carbocycles. The van der Waals surface area contributed by atoms with Gasteiger partial charge in [0, 0.05) is 24.9 Å². The Bertz CT molecular complexity index is 1200. The molecule has 2 saturated heterocycles. The maximum atomic E-state index is 12.9. The van der Waals surface area contributed by atoms with Gasteiger partial charge in [-0.2, -0.15) is 19.5 Å². The first-order valence-electron chi connectivity index (χ1n) is 10.9. The van der Waals surface area contributed by atoms with Crippen molar-refractivity contribution in [1.82, 2.24) is 14.3 Å². The fourth-order valence-electron chi connectivity index (χ4n) is 4.72. The van der Waals surface area contributed by atoms with E-state index in [1.54, 1.807) is 16.4 Å². The molecule has 3 fully saturated rings. The van der Waals surface area contributed by atoms with Crippen molar-refractivity contribution >= 4 is 21.6 Å². The lowest BCUT2D eigenvalue weighted by Gasteiger charge is -2.37. The highest BCUT2D eigenvalue weighted by atomic mass is 35.5. The first-order valence-corrected chi connectivity index (χ1v) is 12.7. The van der Waals surface area contributed by atoms with Gasteiger partial charge in [0.15, 0.2) is 0 Å². The first-order chi connectivity index (χ1) is 15.9. The minimum absolute atomic E-state index is 0.0413. The van der Waals surface area contributed by atoms with Crippen LogP contribution in [-0.4, -0.2) is 53.2 Å². The van der Waals surface area contributed by atoms with Gasteiger partial charge in [-0.3, -0.25) is 0 Å². The number of piperidine rings is 1. The molecule has 0 radical (unpaired) electrons. The van der Waals surface area contributed by atoms with Crippen molar-refractivity contribution < 1.29 is 22.6 Å². The summed E-state index contributed by atoms with van der Waals surface area (Å²) >= 11 is 6.22. The van der Waals surface area contributed by atoms with Gasteiger partial charge in [-0.25, -0.2) is 8.42 Å². The van der Waals surface area contributed by atoms with E-state index in [2.05, 4.69) is 9.97 Å². The summed E-state index contributed by atoms with van der Waals surface area (Å²) in [7, 11) is -1.74. The van der Waals surface area contributed by atoms with E-state index in [9.17, 15) is 8.42 Å². The maximum Gasteiger partial charge on any atom is 0.269 e. The molecule has 0 spiro atoms. The Balaban J connectivity index is 1.33. The Morgan fingerprint density at radius 3 is 2.42 bits per heavy atom. The number of aromatic nitrogens is 2. The van der Waals surface area contributed by atoms with Crippen molar-refractivity contribution in [1.29, 1.82) is 5.26 Å². The Kier molecular flexibility index (Phi) is 5.80. The van der Waals surface area contributed by atoms with Crippen molar-refractivity contribution in [2.75, 3.05) is 7.11 Å². The molecule has 3 heterocycles. The number of benzene rings is 1. The molecule has 0 amide bonds. The molecular formula is C22H23ClN4O5S. The number of ether oxygens (including phenoxy) is 3. The second-order valence-electron chi connectivity index (χ2n) is 8.55. The molecule has 1 aromatic carbocycles. The Labute approximate surface area is 197 Å². The maximum absolute atomic E-state index is 12.9. The molecule has 1 aromatic heterocycles. The van der Waals surface area contributed by atoms with Crippen LogP contribution in [0.1, 0.15) is 44.1 Å². The Morgan fingerprint density at radius 2 is 1.82 bits per heavy atom. The van der Waals surface area contributed by atoms with Gasteiger partial charge >= 0.3 is 0 Å². The molecule has 0 unspecified atom stereocenters. The van der Waals surface area contributed by atoms with Crippen molar-refractivity contribution in [3.63, 3.8) is 0 Å². The van der Waals surface area contributed by atoms with E-state index in [-0.39, 0.29) is 46.0 Å². The molecule has 2 bridgehead atoms. The van der Waals surface area contributed by atoms with Crippen LogP contribution in [0.4, 0.5) is 0 Å². The molecule has 5 rings (SSSR count). The van der Waals surface area contributed by atoms with Crippen LogP contribution in [-0.2, 0) is 10.0 Å². The van der Waals surface area contributed by atoms with Crippen LogP contribution in [0.3, 0.4) is 0 Å². The monoisotopic (exact) mass is 490 g/mol. The number of methoxy groups -OCH3 is 1. The van der Waals surface area contributed by atoms with Crippen LogP contribution in [0.2, 0.25) is 5.02 Å². The third-order valence-electron chi connectivity index (χ3n) is 6.35. The first kappa shape index (κ1) is 22.2. The standard InChI is InChI=1S/C22H23ClN4O5S/c1-30-20-21(25-12-26-22(20)32-19-7-2-13(11-24)8-18(19)23)31-16-9-14-3-4-15(10-16)27(14)33(28,29)17-5-6-17/h2,7-8,12,14-17H,3-6,9-10H2,1H3/t14-,15-/m0/s1. The van der Waals surface area contributed by atoms with E-state index >= 15 is 0 Å². The zero-order valence-corrected chi connectivity index (χ0v) is 19.6. The predicted molar refractivity (Wildman–Crippen MR) is 119 cm³/mol. The summed E-state index contributed by atoms with van der Waals surface area (Å²) in [5.41, 5.74) is 0.413. The number of nitriles is 1. The average Bonchev–Trinajstić information content (AvgIpc) is 3.61. The van der Waals surface area contributed by atoms with Gasteiger partial charge in [-0.15, -0.1) is 0 Å². The fourth-order valence-corrected chi connectivity index (χ4v) is 7.23. The molecule has 11 heteroatoms. The third-order valence-corrected chi connectivity index (χ3v) is 9.14. The third kappa shape index (κ3) is 4.21. The van der Waals surface area contributed by atoms with E-state index in [1.807, 2.05) is 6.07 Å². The Hall–Kier alpha value is -2.61. The molecule has 174 valence electrons. The second kappa shape index (κ2) is 8.63. The summed E-state index contributed by atoms with van der Waals surface area (Å²) in [4.78, 5) is 8.37. The molecule has 33 heavy (non-hydrogen) atoms. The fraction of sp³-hybridized carbons (Fsp3) is 0.500. The van der Waals surface area contributed by atoms with Crippen LogP contribution < -0.4 is 14.2 Å². The number of hydrogen-bond donors (Lipinski definition) is 0. The minimum atomic E-state index is -3.21. The molecule has 9 nitrogen and oxygen atoms in total. The summed E-state index contributed by atoms with van der Waals surface area (Å²) in [6.07, 6.45) is 5.56. The number of rotatable bonds is 7. The van der Waals surface area contributed by atoms with Crippen molar-refractivity contribution in [2.24, 2.45) is 0 Å². The SMILES string of the molecule is COc1c(Oc2ccc(C#N)cc2Cl)ncnc1OC1C[C@@H]2CC[C@@H](C1)N2S(=O)(=O)C1CC1. The number of hydrogen-bond acceptors (Lipinski definition) is 8. The Morgan fingerprint density at radius 1 is 1.12 bits per heavy atom. The normalized spacial score (nSPS) is 24.8. The van der Waals surface area contributed by atoms with E-state index in [0.717, 1.165) is 25.7 Å². The van der Waals surface area contributed by atoms with Crippen LogP contribution >= 0.6 is 11.6 Å². The lowest BCUT2D eigenvalue weighted by Crippen LogP contribution is -2.50. The van der Waals surface area contributed by atoms with Crippen molar-refractivity contribution in [2.45, 2.75) is 62.0 Å². The zero-order chi connectivity index (χ0) is 23.2. The van der Waals surface area contributed by atoms with Gasteiger partial charge in [-0.1, -0.05) is 11.6 Å². The van der Waals surface area contributed by atoms with Crippen LogP contribution in [0.5, 0.6) is 23.3 Å². The highest BCUT2D eigenvalue weighted by Gasteiger charge is 2.52. The van der Waals surface area contributed by atoms with Crippen molar-refractivity contribution in [3.8, 4) is 29.3 Å². The largest absolute Gasteiger partial charge is 0.487 e. The quantitative estimate of drug-likeness (QED) is 0.577. The zero-order valence-electron chi connectivity index (χ0n) is 18.0. The molecule has 2 aliphatic heterocycles. The highest BCUT2D eigenvalue weighted by molar-refractivity contribution is 7.90. The average molecular weight is 491 g/mol. The van der Waals surface area contributed by atoms with Gasteiger partial charge in [0.05, 0.1) is 29.0 Å². The molecule has 2 aromatic rings. The number of sulfonamides is 1. The van der Waals surface area contributed by atoms with Gasteiger partial charge in [-0.05, 0) is 43.9 Å². The van der Waals surface area contributed by atoms with Gasteiger partial charge in [0.2, 0.25) is 15.8 Å². The number of halogens is 1. The summed E-state index contributed by atoms with van der Waals surface area (Å²) in [6, 6.07) is 6.61. The number of nitrogens with zero attached hydrogens (tertiary/aromatic N) is 4. The number of fused-ring (bicyclic) bond motifs is 2. The topological polar surface area (TPSA) is 115 Å². The van der Waals surface area contributed by atoms with Crippen molar-refractivity contribution in [3.05, 3.63) is 35.1 Å². The highest BCUT2D eigenvalue weighted by Crippen LogP contribution is 2.45. The predicted octanol–water partition coefficient (Wildman–Crippen LogP) is 3.67. The van der Waals surface area contributed by atoms with Gasteiger partial charge < -0.3 is 14.2 Å². The molecule has 1 aliphatic carbocycles. The molecular weight excluding hydrogens is 468 g/mol. The van der Waals surface area contributed by atoms with Gasteiger partial charge in [0.1, 0.15) is 18.2 Å². The van der Waals surface area contributed by atoms with Crippen LogP contribution in [0.15, 0.2) is 24.5 Å². The van der Waals surface area contributed by atoms with E-state index in [0.29, 0.717) is 24.2 Å². The van der Waals surface area contributed by atoms with Gasteiger partial charge in [0.25, 0.3) is 11.8 Å². The summed E-state index contributed by atoms with van der Waals surface area (Å²) in [5, 5.41) is 9.07. The second-order valence-corrected chi connectivity index (χ2v) is 11.1. The lowest BCUT2D eigenvalue weighted by molar-refractivity contribution is 0.0881. The van der Waals surface area contributed by atoms with Crippen LogP contribution in [0.25, 0.3) is 0 Å². The summed E-state index contributed by atoms with van der Waals surface area (Å²) in [6.45, 7) is 0. The molecule has 0 N–H and O–H groups in total. The van der Waals surface area contributed by atoms with E-state index < -0.39 is 10.0 Å². The summed E-state index contributed by atoms with van der Waals surface area (Å²) in [5.74, 6) is 0.898. The lowest BCUT2D eigenvalue weighted by atomic mass is 10.0. The van der Waals surface area contributed by atoms with Crippen LogP contribution in [0, 0.1) is 11.3 Å². The summed E-state index contributed by atoms with van der Waals surface area (Å²) < 4.78 is 45.0. The van der Waals surface area contributed by atoms with E-state index in [1.165, 1.54) is 19.5 Å². The minimum Gasteiger partial charge on any atom is -0.487 e. The molecule has 2 atom stereocenters. The molecule has 3 aliphatic rings. The smallest absolute Gasteiger partial charge is 0.269 e. The van der Waals surface area contributed by atoms with E-state index in [4.69, 9.17) is 31.1 Å².